The van der Waals surface area contributed by atoms with Crippen molar-refractivity contribution in [3.8, 4) is 17.2 Å². The molecule has 0 aliphatic carbocycles. The van der Waals surface area contributed by atoms with Gasteiger partial charge in [0.2, 0.25) is 0 Å². The van der Waals surface area contributed by atoms with E-state index in [0.717, 1.165) is 11.1 Å². The Kier molecular flexibility index (Phi) is 8.00. The highest BCUT2D eigenvalue weighted by atomic mass is 16.5. The van der Waals surface area contributed by atoms with Gasteiger partial charge in [-0.05, 0) is 77.9 Å². The molecule has 7 heteroatoms. The number of ether oxygens (including phenoxy) is 2. The van der Waals surface area contributed by atoms with E-state index in [9.17, 15) is 19.8 Å². The number of nitrogens with zero attached hydrogens (tertiary/aromatic N) is 1. The zero-order valence-corrected chi connectivity index (χ0v) is 23.2. The Hall–Kier alpha value is -4.26. The Balaban J connectivity index is 1.95. The summed E-state index contributed by atoms with van der Waals surface area (Å²) in [5, 5.41) is 21.9. The van der Waals surface area contributed by atoms with Crippen molar-refractivity contribution >= 4 is 23.1 Å². The molecule has 1 unspecified atom stereocenters. The van der Waals surface area contributed by atoms with Crippen molar-refractivity contribution in [2.45, 2.75) is 52.5 Å². The van der Waals surface area contributed by atoms with Crippen LogP contribution in [-0.2, 0) is 9.59 Å². The standard InChI is InChI=1S/C32H35NO6/c1-7-39-27-17-21(10-14-25(27)34)29-28(30(35)22-11-15-26(38-6)24(16-22)19(4)5)31(36)32(37)33(29)23-12-8-20(9-13-23)18(2)3/h8-19,29,34-35H,7H2,1-6H3/b30-28+. The van der Waals surface area contributed by atoms with Crippen molar-refractivity contribution in [1.29, 1.82) is 0 Å². The second kappa shape index (κ2) is 11.2. The van der Waals surface area contributed by atoms with Gasteiger partial charge in [0.25, 0.3) is 11.7 Å². The maximum absolute atomic E-state index is 13.6. The summed E-state index contributed by atoms with van der Waals surface area (Å²) in [5.74, 6) is -0.602. The molecule has 4 rings (SSSR count). The number of hydrogen-bond acceptors (Lipinski definition) is 6. The first-order valence-corrected chi connectivity index (χ1v) is 13.1. The van der Waals surface area contributed by atoms with Crippen molar-refractivity contribution in [2.24, 2.45) is 0 Å². The van der Waals surface area contributed by atoms with Gasteiger partial charge in [-0.25, -0.2) is 0 Å². The molecule has 7 nitrogen and oxygen atoms in total. The molecule has 1 saturated heterocycles. The van der Waals surface area contributed by atoms with Gasteiger partial charge in [-0.2, -0.15) is 0 Å². The molecule has 1 aliphatic rings. The number of phenolic OH excluding ortho intramolecular Hbond substituents is 1. The number of aromatic hydroxyl groups is 1. The van der Waals surface area contributed by atoms with Crippen LogP contribution in [0.15, 0.2) is 66.2 Å². The van der Waals surface area contributed by atoms with Crippen LogP contribution in [0.1, 0.15) is 74.8 Å². The third-order valence-corrected chi connectivity index (χ3v) is 7.01. The lowest BCUT2D eigenvalue weighted by Gasteiger charge is -2.26. The first kappa shape index (κ1) is 27.8. The average Bonchev–Trinajstić information content (AvgIpc) is 3.19. The van der Waals surface area contributed by atoms with Crippen molar-refractivity contribution in [2.75, 3.05) is 18.6 Å². The quantitative estimate of drug-likeness (QED) is 0.192. The maximum atomic E-state index is 13.6. The number of carbonyl (C=O) groups is 2. The van der Waals surface area contributed by atoms with E-state index in [1.807, 2.05) is 38.1 Å². The minimum atomic E-state index is -0.945. The Morgan fingerprint density at radius 3 is 2.21 bits per heavy atom. The lowest BCUT2D eigenvalue weighted by atomic mass is 9.92. The summed E-state index contributed by atoms with van der Waals surface area (Å²) in [4.78, 5) is 28.5. The molecule has 0 bridgehead atoms. The SMILES string of the molecule is CCOc1cc(C2/C(=C(\O)c3ccc(OC)c(C(C)C)c3)C(=O)C(=O)N2c2ccc(C(C)C)cc2)ccc1O. The summed E-state index contributed by atoms with van der Waals surface area (Å²) in [6.45, 7) is 10.3. The van der Waals surface area contributed by atoms with Crippen LogP contribution < -0.4 is 14.4 Å². The van der Waals surface area contributed by atoms with E-state index < -0.39 is 17.7 Å². The molecular formula is C32H35NO6. The summed E-state index contributed by atoms with van der Waals surface area (Å²) < 4.78 is 11.1. The number of aliphatic hydroxyl groups excluding tert-OH is 1. The van der Waals surface area contributed by atoms with Crippen LogP contribution in [0.3, 0.4) is 0 Å². The van der Waals surface area contributed by atoms with E-state index in [4.69, 9.17) is 9.47 Å². The maximum Gasteiger partial charge on any atom is 0.300 e. The van der Waals surface area contributed by atoms with Gasteiger partial charge in [0.15, 0.2) is 11.5 Å². The molecular weight excluding hydrogens is 494 g/mol. The Morgan fingerprint density at radius 2 is 1.62 bits per heavy atom. The predicted molar refractivity (Wildman–Crippen MR) is 152 cm³/mol. The summed E-state index contributed by atoms with van der Waals surface area (Å²) in [6.07, 6.45) is 0. The predicted octanol–water partition coefficient (Wildman–Crippen LogP) is 6.67. The molecule has 3 aromatic carbocycles. The number of amides is 1. The minimum absolute atomic E-state index is 0.0408. The van der Waals surface area contributed by atoms with Crippen LogP contribution in [0.2, 0.25) is 0 Å². The van der Waals surface area contributed by atoms with E-state index in [2.05, 4.69) is 13.8 Å². The number of anilines is 1. The zero-order valence-electron chi connectivity index (χ0n) is 23.2. The average molecular weight is 530 g/mol. The van der Waals surface area contributed by atoms with Gasteiger partial charge in [0, 0.05) is 11.3 Å². The summed E-state index contributed by atoms with van der Waals surface area (Å²) >= 11 is 0. The lowest BCUT2D eigenvalue weighted by molar-refractivity contribution is -0.132. The van der Waals surface area contributed by atoms with E-state index in [-0.39, 0.29) is 28.7 Å². The summed E-state index contributed by atoms with van der Waals surface area (Å²) in [6, 6.07) is 16.4. The van der Waals surface area contributed by atoms with Crippen LogP contribution in [-0.4, -0.2) is 35.6 Å². The molecule has 0 saturated carbocycles. The molecule has 0 radical (unpaired) electrons. The number of ketones is 1. The second-order valence-electron chi connectivity index (χ2n) is 10.2. The fourth-order valence-electron chi connectivity index (χ4n) is 4.89. The molecule has 1 aliphatic heterocycles. The van der Waals surface area contributed by atoms with Gasteiger partial charge >= 0.3 is 0 Å². The number of aliphatic hydroxyl groups is 1. The third-order valence-electron chi connectivity index (χ3n) is 7.01. The van der Waals surface area contributed by atoms with E-state index in [1.54, 1.807) is 44.4 Å². The largest absolute Gasteiger partial charge is 0.507 e. The molecule has 0 spiro atoms. The van der Waals surface area contributed by atoms with Crippen LogP contribution >= 0.6 is 0 Å². The van der Waals surface area contributed by atoms with Gasteiger partial charge in [0.1, 0.15) is 11.5 Å². The van der Waals surface area contributed by atoms with Crippen molar-refractivity contribution in [3.05, 3.63) is 88.5 Å². The van der Waals surface area contributed by atoms with Crippen molar-refractivity contribution < 1.29 is 29.3 Å². The van der Waals surface area contributed by atoms with Gasteiger partial charge in [0.05, 0.1) is 25.3 Å². The molecule has 1 fully saturated rings. The molecule has 1 amide bonds. The molecule has 204 valence electrons. The van der Waals surface area contributed by atoms with Crippen LogP contribution in [0.25, 0.3) is 5.76 Å². The number of hydrogen-bond donors (Lipinski definition) is 2. The first-order valence-electron chi connectivity index (χ1n) is 13.1. The lowest BCUT2D eigenvalue weighted by Crippen LogP contribution is -2.29. The highest BCUT2D eigenvalue weighted by Crippen LogP contribution is 2.44. The van der Waals surface area contributed by atoms with Crippen molar-refractivity contribution in [1.82, 2.24) is 0 Å². The van der Waals surface area contributed by atoms with E-state index in [1.165, 1.54) is 11.0 Å². The Labute approximate surface area is 229 Å². The Bertz CT molecular complexity index is 1420. The van der Waals surface area contributed by atoms with E-state index >= 15 is 0 Å². The third kappa shape index (κ3) is 5.21. The number of rotatable bonds is 8. The summed E-state index contributed by atoms with van der Waals surface area (Å²) in [5.41, 5.74) is 3.36. The zero-order chi connectivity index (χ0) is 28.4. The van der Waals surface area contributed by atoms with Gasteiger partial charge in [-0.1, -0.05) is 45.9 Å². The minimum Gasteiger partial charge on any atom is -0.507 e. The van der Waals surface area contributed by atoms with Crippen molar-refractivity contribution in [3.63, 3.8) is 0 Å². The fourth-order valence-corrected chi connectivity index (χ4v) is 4.89. The molecule has 3 aromatic rings. The number of carbonyl (C=O) groups excluding carboxylic acids is 2. The second-order valence-corrected chi connectivity index (χ2v) is 10.2. The van der Waals surface area contributed by atoms with Gasteiger partial charge < -0.3 is 19.7 Å². The summed E-state index contributed by atoms with van der Waals surface area (Å²) in [7, 11) is 1.58. The number of Topliss-reactive ketones (excluding diaryl/α,β-unsaturated/α-hetero) is 1. The fraction of sp³-hybridized carbons (Fsp3) is 0.312. The number of benzene rings is 3. The first-order chi connectivity index (χ1) is 18.6. The smallest absolute Gasteiger partial charge is 0.300 e. The van der Waals surface area contributed by atoms with Gasteiger partial charge in [-0.3, -0.25) is 14.5 Å². The molecule has 2 N–H and O–H groups in total. The number of phenols is 1. The monoisotopic (exact) mass is 529 g/mol. The molecule has 39 heavy (non-hydrogen) atoms. The van der Waals surface area contributed by atoms with Crippen LogP contribution in [0.4, 0.5) is 5.69 Å². The van der Waals surface area contributed by atoms with E-state index in [0.29, 0.717) is 35.1 Å². The van der Waals surface area contributed by atoms with Crippen LogP contribution in [0, 0.1) is 0 Å². The number of methoxy groups -OCH3 is 1. The van der Waals surface area contributed by atoms with Crippen LogP contribution in [0.5, 0.6) is 17.2 Å². The molecule has 1 heterocycles. The topological polar surface area (TPSA) is 96.3 Å². The molecule has 1 atom stereocenters. The Morgan fingerprint density at radius 1 is 0.923 bits per heavy atom. The van der Waals surface area contributed by atoms with Gasteiger partial charge in [-0.15, -0.1) is 0 Å². The molecule has 0 aromatic heterocycles. The normalized spacial score (nSPS) is 16.8. The highest BCUT2D eigenvalue weighted by Gasteiger charge is 2.47. The highest BCUT2D eigenvalue weighted by molar-refractivity contribution is 6.51.